The minimum absolute atomic E-state index is 0.174. The number of ether oxygens (including phenoxy) is 1. The van der Waals surface area contributed by atoms with E-state index < -0.39 is 0 Å². The van der Waals surface area contributed by atoms with Gasteiger partial charge in [0.2, 0.25) is 0 Å². The number of carbonyl (C=O) groups excluding carboxylic acids is 1. The van der Waals surface area contributed by atoms with Gasteiger partial charge in [0.1, 0.15) is 12.4 Å². The first-order chi connectivity index (χ1) is 8.04. The number of rotatable bonds is 6. The first kappa shape index (κ1) is 13.7. The molecule has 1 aromatic carbocycles. The Morgan fingerprint density at radius 3 is 2.59 bits per heavy atom. The van der Waals surface area contributed by atoms with Gasteiger partial charge in [0, 0.05) is 18.5 Å². The Hall–Kier alpha value is -1.35. The highest BCUT2D eigenvalue weighted by atomic mass is 16.5. The number of likely N-dealkylation sites (N-methyl/N-ethyl adjacent to an activating group) is 1. The minimum atomic E-state index is 0.174. The molecular formula is C14H21NO2. The van der Waals surface area contributed by atoms with Gasteiger partial charge in [0.25, 0.3) is 0 Å². The maximum Gasteiger partial charge on any atom is 0.162 e. The maximum absolute atomic E-state index is 11.5. The van der Waals surface area contributed by atoms with E-state index in [1.54, 1.807) is 0 Å². The van der Waals surface area contributed by atoms with Crippen LogP contribution in [0, 0.1) is 6.92 Å². The summed E-state index contributed by atoms with van der Waals surface area (Å²) >= 11 is 0. The maximum atomic E-state index is 11.5. The monoisotopic (exact) mass is 235 g/mol. The highest BCUT2D eigenvalue weighted by Crippen LogP contribution is 2.19. The average molecular weight is 235 g/mol. The molecule has 0 atom stereocenters. The van der Waals surface area contributed by atoms with Gasteiger partial charge in [-0.15, -0.1) is 0 Å². The summed E-state index contributed by atoms with van der Waals surface area (Å²) in [6.07, 6.45) is 0.542. The molecule has 0 unspecified atom stereocenters. The van der Waals surface area contributed by atoms with E-state index in [2.05, 4.69) is 4.90 Å². The van der Waals surface area contributed by atoms with Crippen molar-refractivity contribution in [3.63, 3.8) is 0 Å². The number of nitrogens with zero attached hydrogens (tertiary/aromatic N) is 1. The molecule has 0 saturated heterocycles. The largest absolute Gasteiger partial charge is 0.492 e. The van der Waals surface area contributed by atoms with Crippen LogP contribution in [0.2, 0.25) is 0 Å². The first-order valence-corrected chi connectivity index (χ1v) is 5.96. The van der Waals surface area contributed by atoms with Gasteiger partial charge in [0.15, 0.2) is 5.78 Å². The summed E-state index contributed by atoms with van der Waals surface area (Å²) in [6, 6.07) is 5.62. The predicted molar refractivity (Wildman–Crippen MR) is 69.8 cm³/mol. The zero-order chi connectivity index (χ0) is 12.8. The standard InChI is InChI=1S/C14H21NO2/c1-5-13(16)12-6-7-14(11(2)10-12)17-9-8-15(3)4/h6-7,10H,5,8-9H2,1-4H3. The second-order valence-electron chi connectivity index (χ2n) is 4.41. The Kier molecular flexibility index (Phi) is 5.16. The molecule has 0 bridgehead atoms. The van der Waals surface area contributed by atoms with Crippen molar-refractivity contribution in [2.24, 2.45) is 0 Å². The molecular weight excluding hydrogens is 214 g/mol. The van der Waals surface area contributed by atoms with E-state index in [-0.39, 0.29) is 5.78 Å². The third kappa shape index (κ3) is 4.19. The summed E-state index contributed by atoms with van der Waals surface area (Å²) in [5, 5.41) is 0. The van der Waals surface area contributed by atoms with Crippen molar-refractivity contribution in [3.8, 4) is 5.75 Å². The lowest BCUT2D eigenvalue weighted by atomic mass is 10.1. The van der Waals surface area contributed by atoms with Gasteiger partial charge in [-0.2, -0.15) is 0 Å². The number of ketones is 1. The lowest BCUT2D eigenvalue weighted by Crippen LogP contribution is -2.19. The summed E-state index contributed by atoms with van der Waals surface area (Å²) in [5.41, 5.74) is 1.79. The molecule has 0 aliphatic heterocycles. The lowest BCUT2D eigenvalue weighted by molar-refractivity contribution is 0.0988. The van der Waals surface area contributed by atoms with E-state index in [9.17, 15) is 4.79 Å². The SMILES string of the molecule is CCC(=O)c1ccc(OCCN(C)C)c(C)c1. The molecule has 0 fully saturated rings. The zero-order valence-electron chi connectivity index (χ0n) is 11.1. The number of Topliss-reactive ketones (excluding diaryl/α,β-unsaturated/α-hetero) is 1. The van der Waals surface area contributed by atoms with Crippen molar-refractivity contribution >= 4 is 5.78 Å². The van der Waals surface area contributed by atoms with Gasteiger partial charge >= 0.3 is 0 Å². The molecule has 1 rings (SSSR count). The number of hydrogen-bond donors (Lipinski definition) is 0. The van der Waals surface area contributed by atoms with E-state index >= 15 is 0 Å². The molecule has 1 aromatic rings. The summed E-state index contributed by atoms with van der Waals surface area (Å²) in [5.74, 6) is 1.03. The fourth-order valence-electron chi connectivity index (χ4n) is 1.53. The van der Waals surface area contributed by atoms with Gasteiger partial charge in [-0.3, -0.25) is 4.79 Å². The van der Waals surface area contributed by atoms with Gasteiger partial charge in [-0.1, -0.05) is 6.92 Å². The molecule has 94 valence electrons. The van der Waals surface area contributed by atoms with Crippen molar-refractivity contribution in [1.29, 1.82) is 0 Å². The molecule has 0 radical (unpaired) electrons. The second-order valence-corrected chi connectivity index (χ2v) is 4.41. The van der Waals surface area contributed by atoms with E-state index in [0.717, 1.165) is 23.4 Å². The van der Waals surface area contributed by atoms with Crippen LogP contribution >= 0.6 is 0 Å². The van der Waals surface area contributed by atoms with E-state index in [0.29, 0.717) is 13.0 Å². The normalized spacial score (nSPS) is 10.6. The summed E-state index contributed by atoms with van der Waals surface area (Å²) in [4.78, 5) is 13.6. The van der Waals surface area contributed by atoms with Crippen LogP contribution in [0.3, 0.4) is 0 Å². The molecule has 0 spiro atoms. The quantitative estimate of drug-likeness (QED) is 0.710. The highest BCUT2D eigenvalue weighted by molar-refractivity contribution is 5.96. The van der Waals surface area contributed by atoms with Gasteiger partial charge < -0.3 is 9.64 Å². The summed E-state index contributed by atoms with van der Waals surface area (Å²) in [7, 11) is 4.03. The lowest BCUT2D eigenvalue weighted by Gasteiger charge is -2.13. The zero-order valence-corrected chi connectivity index (χ0v) is 11.1. The summed E-state index contributed by atoms with van der Waals surface area (Å²) in [6.45, 7) is 5.39. The van der Waals surface area contributed by atoms with Crippen LogP contribution in [0.4, 0.5) is 0 Å². The Morgan fingerprint density at radius 2 is 2.06 bits per heavy atom. The topological polar surface area (TPSA) is 29.5 Å². The highest BCUT2D eigenvalue weighted by Gasteiger charge is 2.06. The van der Waals surface area contributed by atoms with Crippen LogP contribution in [0.15, 0.2) is 18.2 Å². The van der Waals surface area contributed by atoms with E-state index in [4.69, 9.17) is 4.74 Å². The van der Waals surface area contributed by atoms with E-state index in [1.165, 1.54) is 0 Å². The predicted octanol–water partition coefficient (Wildman–Crippen LogP) is 2.53. The first-order valence-electron chi connectivity index (χ1n) is 5.96. The van der Waals surface area contributed by atoms with Crippen molar-refractivity contribution in [1.82, 2.24) is 4.90 Å². The number of hydrogen-bond acceptors (Lipinski definition) is 3. The fourth-order valence-corrected chi connectivity index (χ4v) is 1.53. The molecule has 3 nitrogen and oxygen atoms in total. The Bertz CT molecular complexity index is 386. The van der Waals surface area contributed by atoms with Crippen LogP contribution in [-0.4, -0.2) is 37.9 Å². The van der Waals surface area contributed by atoms with Crippen LogP contribution in [0.5, 0.6) is 5.75 Å². The van der Waals surface area contributed by atoms with Crippen molar-refractivity contribution in [3.05, 3.63) is 29.3 Å². The molecule has 0 aliphatic rings. The Balaban J connectivity index is 2.66. The van der Waals surface area contributed by atoms with Crippen LogP contribution in [0.25, 0.3) is 0 Å². The molecule has 17 heavy (non-hydrogen) atoms. The van der Waals surface area contributed by atoms with Gasteiger partial charge in [0.05, 0.1) is 0 Å². The molecule has 0 amide bonds. The third-order valence-electron chi connectivity index (χ3n) is 2.61. The van der Waals surface area contributed by atoms with Crippen LogP contribution in [-0.2, 0) is 0 Å². The Labute approximate surface area is 103 Å². The minimum Gasteiger partial charge on any atom is -0.492 e. The van der Waals surface area contributed by atoms with Crippen LogP contribution < -0.4 is 4.74 Å². The van der Waals surface area contributed by atoms with Crippen LogP contribution in [0.1, 0.15) is 29.3 Å². The third-order valence-corrected chi connectivity index (χ3v) is 2.61. The molecule has 0 N–H and O–H groups in total. The molecule has 0 aromatic heterocycles. The molecule has 0 saturated carbocycles. The number of aryl methyl sites for hydroxylation is 1. The summed E-state index contributed by atoms with van der Waals surface area (Å²) < 4.78 is 5.66. The van der Waals surface area contributed by atoms with Crippen molar-refractivity contribution < 1.29 is 9.53 Å². The molecule has 3 heteroatoms. The van der Waals surface area contributed by atoms with E-state index in [1.807, 2.05) is 46.1 Å². The molecule has 0 aliphatic carbocycles. The molecule has 0 heterocycles. The smallest absolute Gasteiger partial charge is 0.162 e. The van der Waals surface area contributed by atoms with Crippen molar-refractivity contribution in [2.75, 3.05) is 27.2 Å². The van der Waals surface area contributed by atoms with Crippen molar-refractivity contribution in [2.45, 2.75) is 20.3 Å². The number of benzene rings is 1. The fraction of sp³-hybridized carbons (Fsp3) is 0.500. The average Bonchev–Trinajstić information content (AvgIpc) is 2.29. The van der Waals surface area contributed by atoms with Gasteiger partial charge in [-0.05, 0) is 44.8 Å². The second kappa shape index (κ2) is 6.40. The van der Waals surface area contributed by atoms with Gasteiger partial charge in [-0.25, -0.2) is 0 Å². The number of carbonyl (C=O) groups is 1. The Morgan fingerprint density at radius 1 is 1.35 bits per heavy atom.